The van der Waals surface area contributed by atoms with Crippen LogP contribution in [0, 0.1) is 11.8 Å². The topological polar surface area (TPSA) is 35.5 Å². The monoisotopic (exact) mass is 458 g/mol. The summed E-state index contributed by atoms with van der Waals surface area (Å²) >= 11 is 0. The summed E-state index contributed by atoms with van der Waals surface area (Å²) in [5.74, 6) is 2.49. The van der Waals surface area contributed by atoms with Gasteiger partial charge in [-0.3, -0.25) is 0 Å². The molecule has 0 aromatic heterocycles. The van der Waals surface area contributed by atoms with Gasteiger partial charge >= 0.3 is 5.97 Å². The Morgan fingerprint density at radius 3 is 2.00 bits per heavy atom. The molecule has 1 aliphatic rings. The predicted octanol–water partition coefficient (Wildman–Crippen LogP) is 9.14. The summed E-state index contributed by atoms with van der Waals surface area (Å²) in [7, 11) is 0. The molecule has 0 heterocycles. The molecule has 1 saturated carbocycles. The highest BCUT2D eigenvalue weighted by molar-refractivity contribution is 5.89. The molecule has 1 aromatic rings. The van der Waals surface area contributed by atoms with E-state index in [1.807, 2.05) is 31.2 Å². The van der Waals surface area contributed by atoms with Crippen LogP contribution < -0.4 is 4.74 Å². The van der Waals surface area contributed by atoms with E-state index in [0.717, 1.165) is 43.5 Å². The van der Waals surface area contributed by atoms with Crippen molar-refractivity contribution in [2.45, 2.75) is 130 Å². The molecule has 1 aliphatic carbocycles. The molecule has 1 atom stereocenters. The second-order valence-electron chi connectivity index (χ2n) is 10.3. The molecule has 2 rings (SSSR count). The van der Waals surface area contributed by atoms with Crippen molar-refractivity contribution in [3.8, 4) is 5.75 Å². The van der Waals surface area contributed by atoms with Crippen molar-refractivity contribution in [2.24, 2.45) is 11.8 Å². The smallest absolute Gasteiger partial charge is 0.338 e. The Bertz CT molecular complexity index is 616. The van der Waals surface area contributed by atoms with Crippen LogP contribution in [-0.2, 0) is 4.74 Å². The van der Waals surface area contributed by atoms with E-state index < -0.39 is 0 Å². The predicted molar refractivity (Wildman–Crippen MR) is 139 cm³/mol. The fraction of sp³-hybridized carbons (Fsp3) is 0.767. The molecule has 0 N–H and O–H groups in total. The number of benzene rings is 1. The van der Waals surface area contributed by atoms with Crippen molar-refractivity contribution >= 4 is 5.97 Å². The number of ether oxygens (including phenoxy) is 2. The van der Waals surface area contributed by atoms with Crippen molar-refractivity contribution in [3.63, 3.8) is 0 Å². The molecule has 3 nitrogen and oxygen atoms in total. The Morgan fingerprint density at radius 1 is 0.818 bits per heavy atom. The van der Waals surface area contributed by atoms with Gasteiger partial charge in [0.2, 0.25) is 0 Å². The van der Waals surface area contributed by atoms with E-state index in [1.54, 1.807) is 0 Å². The van der Waals surface area contributed by atoms with Gasteiger partial charge in [0, 0.05) is 0 Å². The van der Waals surface area contributed by atoms with Crippen LogP contribution in [0.1, 0.15) is 134 Å². The molecule has 0 spiro atoms. The summed E-state index contributed by atoms with van der Waals surface area (Å²) in [5.41, 5.74) is 0.606. The number of carbonyl (C=O) groups is 1. The SMILES string of the molecule is CCCCCCC1CCC(CCCOc2ccc(C(=O)O[C@@H](C)CCCCCC)cc2)CC1. The van der Waals surface area contributed by atoms with Gasteiger partial charge in [-0.05, 0) is 68.7 Å². The average molecular weight is 459 g/mol. The minimum Gasteiger partial charge on any atom is -0.494 e. The van der Waals surface area contributed by atoms with Crippen LogP contribution in [0.2, 0.25) is 0 Å². The molecular formula is C30H50O3. The quantitative estimate of drug-likeness (QED) is 0.172. The maximum atomic E-state index is 12.3. The third-order valence-corrected chi connectivity index (χ3v) is 7.32. The second-order valence-corrected chi connectivity index (χ2v) is 10.3. The van der Waals surface area contributed by atoms with E-state index in [1.165, 1.54) is 83.5 Å². The molecule has 0 aliphatic heterocycles. The largest absolute Gasteiger partial charge is 0.494 e. The summed E-state index contributed by atoms with van der Waals surface area (Å²) in [6, 6.07) is 7.44. The van der Waals surface area contributed by atoms with Crippen LogP contribution in [-0.4, -0.2) is 18.7 Å². The standard InChI is InChI=1S/C30H50O3/c1-4-6-8-10-13-25(3)33-30(31)28-20-22-29(23-21-28)32-24-12-15-27-18-16-26(17-19-27)14-11-9-7-5-2/h20-23,25-27H,4-19,24H2,1-3H3/t25-,26?,27?/m0/s1. The van der Waals surface area contributed by atoms with Crippen molar-refractivity contribution in [1.82, 2.24) is 0 Å². The van der Waals surface area contributed by atoms with Crippen LogP contribution in [0.4, 0.5) is 0 Å². The molecule has 3 heteroatoms. The second kappa shape index (κ2) is 17.0. The number of hydrogen-bond acceptors (Lipinski definition) is 3. The minimum absolute atomic E-state index is 0.0265. The molecule has 1 fully saturated rings. The first-order valence-electron chi connectivity index (χ1n) is 14.1. The van der Waals surface area contributed by atoms with Crippen molar-refractivity contribution in [3.05, 3.63) is 29.8 Å². The van der Waals surface area contributed by atoms with Gasteiger partial charge in [-0.15, -0.1) is 0 Å². The molecule has 0 amide bonds. The number of esters is 1. The summed E-state index contributed by atoms with van der Waals surface area (Å²) < 4.78 is 11.5. The van der Waals surface area contributed by atoms with Crippen molar-refractivity contribution in [2.75, 3.05) is 6.61 Å². The summed E-state index contributed by atoms with van der Waals surface area (Å²) in [6.07, 6.45) is 20.9. The Balaban J connectivity index is 1.56. The lowest BCUT2D eigenvalue weighted by Gasteiger charge is -2.28. The van der Waals surface area contributed by atoms with Gasteiger partial charge in [0.15, 0.2) is 0 Å². The number of rotatable bonds is 17. The Hall–Kier alpha value is -1.51. The van der Waals surface area contributed by atoms with Crippen molar-refractivity contribution in [1.29, 1.82) is 0 Å². The van der Waals surface area contributed by atoms with E-state index in [-0.39, 0.29) is 12.1 Å². The molecule has 188 valence electrons. The van der Waals surface area contributed by atoms with Gasteiger partial charge in [-0.2, -0.15) is 0 Å². The number of carbonyl (C=O) groups excluding carboxylic acids is 1. The first-order valence-corrected chi connectivity index (χ1v) is 14.1. The first kappa shape index (κ1) is 27.7. The molecule has 1 aromatic carbocycles. The van der Waals surface area contributed by atoms with E-state index in [4.69, 9.17) is 9.47 Å². The molecule has 0 radical (unpaired) electrons. The van der Waals surface area contributed by atoms with E-state index in [0.29, 0.717) is 5.56 Å². The van der Waals surface area contributed by atoms with Crippen LogP contribution in [0.15, 0.2) is 24.3 Å². The maximum Gasteiger partial charge on any atom is 0.338 e. The fourth-order valence-electron chi connectivity index (χ4n) is 5.09. The number of hydrogen-bond donors (Lipinski definition) is 0. The summed E-state index contributed by atoms with van der Waals surface area (Å²) in [4.78, 5) is 12.3. The third-order valence-electron chi connectivity index (χ3n) is 7.32. The number of unbranched alkanes of at least 4 members (excludes halogenated alkanes) is 6. The van der Waals surface area contributed by atoms with Gasteiger partial charge < -0.3 is 9.47 Å². The Labute approximate surface area is 204 Å². The van der Waals surface area contributed by atoms with Crippen LogP contribution in [0.5, 0.6) is 5.75 Å². The van der Waals surface area contributed by atoms with Crippen molar-refractivity contribution < 1.29 is 14.3 Å². The van der Waals surface area contributed by atoms with Gasteiger partial charge in [-0.1, -0.05) is 90.9 Å². The highest BCUT2D eigenvalue weighted by Crippen LogP contribution is 2.34. The summed E-state index contributed by atoms with van der Waals surface area (Å²) in [6.45, 7) is 7.24. The van der Waals surface area contributed by atoms with Crippen LogP contribution in [0.3, 0.4) is 0 Å². The Kier molecular flexibility index (Phi) is 14.3. The van der Waals surface area contributed by atoms with E-state index in [9.17, 15) is 4.79 Å². The molecule has 0 bridgehead atoms. The Morgan fingerprint density at radius 2 is 1.39 bits per heavy atom. The highest BCUT2D eigenvalue weighted by atomic mass is 16.5. The molecular weight excluding hydrogens is 408 g/mol. The van der Waals surface area contributed by atoms with Crippen LogP contribution in [0.25, 0.3) is 0 Å². The molecule has 33 heavy (non-hydrogen) atoms. The van der Waals surface area contributed by atoms with Gasteiger partial charge in [0.1, 0.15) is 5.75 Å². The minimum atomic E-state index is -0.231. The van der Waals surface area contributed by atoms with Crippen LogP contribution >= 0.6 is 0 Å². The fourth-order valence-corrected chi connectivity index (χ4v) is 5.09. The van der Waals surface area contributed by atoms with E-state index in [2.05, 4.69) is 13.8 Å². The van der Waals surface area contributed by atoms with Gasteiger partial charge in [0.05, 0.1) is 18.3 Å². The zero-order valence-corrected chi connectivity index (χ0v) is 21.8. The average Bonchev–Trinajstić information content (AvgIpc) is 2.83. The zero-order valence-electron chi connectivity index (χ0n) is 21.8. The third kappa shape index (κ3) is 12.0. The maximum absolute atomic E-state index is 12.3. The molecule has 0 saturated heterocycles. The summed E-state index contributed by atoms with van der Waals surface area (Å²) in [5, 5.41) is 0. The van der Waals surface area contributed by atoms with Gasteiger partial charge in [-0.25, -0.2) is 4.79 Å². The lowest BCUT2D eigenvalue weighted by molar-refractivity contribution is 0.0319. The lowest BCUT2D eigenvalue weighted by atomic mass is 9.78. The van der Waals surface area contributed by atoms with Gasteiger partial charge in [0.25, 0.3) is 0 Å². The first-order chi connectivity index (χ1) is 16.1. The molecule has 0 unspecified atom stereocenters. The highest BCUT2D eigenvalue weighted by Gasteiger charge is 2.20. The zero-order chi connectivity index (χ0) is 23.7. The lowest BCUT2D eigenvalue weighted by Crippen LogP contribution is -2.15. The normalized spacial score (nSPS) is 19.2. The van der Waals surface area contributed by atoms with E-state index >= 15 is 0 Å².